The molecule has 1 aliphatic rings. The lowest BCUT2D eigenvalue weighted by molar-refractivity contribution is -0.121. The van der Waals surface area contributed by atoms with Crippen LogP contribution in [-0.2, 0) is 14.6 Å². The van der Waals surface area contributed by atoms with Gasteiger partial charge in [0.05, 0.1) is 11.5 Å². The van der Waals surface area contributed by atoms with E-state index in [2.05, 4.69) is 22.9 Å². The first-order chi connectivity index (χ1) is 12.5. The number of rotatable bonds is 9. The van der Waals surface area contributed by atoms with Gasteiger partial charge in [-0.3, -0.25) is 4.79 Å². The third-order valence-corrected chi connectivity index (χ3v) is 6.58. The molecule has 26 heavy (non-hydrogen) atoms. The Morgan fingerprint density at radius 1 is 0.923 bits per heavy atom. The van der Waals surface area contributed by atoms with Crippen LogP contribution < -0.4 is 16.0 Å². The van der Waals surface area contributed by atoms with E-state index < -0.39 is 9.84 Å². The van der Waals surface area contributed by atoms with Gasteiger partial charge in [0.25, 0.3) is 0 Å². The van der Waals surface area contributed by atoms with Crippen LogP contribution in [0.4, 0.5) is 0 Å². The number of sulfone groups is 1. The lowest BCUT2D eigenvalue weighted by Crippen LogP contribution is -2.41. The molecule has 1 rings (SSSR count). The summed E-state index contributed by atoms with van der Waals surface area (Å²) in [6.07, 6.45) is 9.61. The fourth-order valence-electron chi connectivity index (χ4n) is 3.23. The number of carbonyl (C=O) groups is 1. The van der Waals surface area contributed by atoms with Crippen molar-refractivity contribution in [2.75, 3.05) is 37.7 Å². The van der Waals surface area contributed by atoms with Gasteiger partial charge in [-0.15, -0.1) is 0 Å². The second kappa shape index (κ2) is 14.4. The Kier molecular flexibility index (Phi) is 13.0. The molecule has 0 aromatic carbocycles. The third kappa shape index (κ3) is 12.7. The van der Waals surface area contributed by atoms with E-state index in [1.165, 1.54) is 19.3 Å². The number of nitrogens with one attached hydrogen (secondary N) is 3. The molecule has 0 bridgehead atoms. The molecule has 0 spiro atoms. The van der Waals surface area contributed by atoms with Crippen LogP contribution in [0.1, 0.15) is 71.1 Å². The molecule has 154 valence electrons. The number of hydrogen-bond donors (Lipinski definition) is 3. The molecule has 0 radical (unpaired) electrons. The van der Waals surface area contributed by atoms with Gasteiger partial charge in [-0.1, -0.05) is 39.0 Å². The maximum Gasteiger partial charge on any atom is 0.221 e. The fraction of sp³-hybridized carbons (Fsp3) is 0.947. The average Bonchev–Trinajstić information content (AvgIpc) is 2.60. The van der Waals surface area contributed by atoms with Gasteiger partial charge in [0.1, 0.15) is 0 Å². The summed E-state index contributed by atoms with van der Waals surface area (Å²) in [7, 11) is -3.13. The summed E-state index contributed by atoms with van der Waals surface area (Å²) in [6.45, 7) is 5.46. The van der Waals surface area contributed by atoms with Crippen LogP contribution in [0.25, 0.3) is 0 Å². The maximum absolute atomic E-state index is 12.4. The molecule has 1 heterocycles. The zero-order chi connectivity index (χ0) is 19.1. The molecule has 1 amide bonds. The molecule has 6 nitrogen and oxygen atoms in total. The highest BCUT2D eigenvalue weighted by Crippen LogP contribution is 2.08. The molecule has 1 unspecified atom stereocenters. The predicted octanol–water partition coefficient (Wildman–Crippen LogP) is 2.00. The molecule has 7 heteroatoms. The summed E-state index contributed by atoms with van der Waals surface area (Å²) in [5.74, 6) is 0.244. The van der Waals surface area contributed by atoms with Gasteiger partial charge < -0.3 is 16.0 Å². The molecular formula is C19H39N3O3S. The zero-order valence-electron chi connectivity index (χ0n) is 16.5. The number of amides is 1. The highest BCUT2D eigenvalue weighted by molar-refractivity contribution is 7.91. The minimum atomic E-state index is -3.13. The smallest absolute Gasteiger partial charge is 0.221 e. The Hall–Kier alpha value is -0.660. The lowest BCUT2D eigenvalue weighted by Gasteiger charge is -2.18. The molecule has 0 aromatic heterocycles. The maximum atomic E-state index is 12.4. The molecular weight excluding hydrogens is 350 g/mol. The van der Waals surface area contributed by atoms with Crippen LogP contribution in [0.5, 0.6) is 0 Å². The van der Waals surface area contributed by atoms with Gasteiger partial charge in [-0.2, -0.15) is 0 Å². The number of unbranched alkanes of at least 4 members (excludes halogenated alkanes) is 5. The highest BCUT2D eigenvalue weighted by Gasteiger charge is 2.21. The Morgan fingerprint density at radius 2 is 1.62 bits per heavy atom. The van der Waals surface area contributed by atoms with E-state index in [9.17, 15) is 13.2 Å². The van der Waals surface area contributed by atoms with Gasteiger partial charge in [0.15, 0.2) is 9.84 Å². The molecule has 0 aromatic rings. The first kappa shape index (κ1) is 23.4. The normalized spacial score (nSPS) is 21.3. The summed E-state index contributed by atoms with van der Waals surface area (Å²) in [5, 5.41) is 9.57. The first-order valence-electron chi connectivity index (χ1n) is 10.4. The van der Waals surface area contributed by atoms with Crippen molar-refractivity contribution in [3.8, 4) is 0 Å². The van der Waals surface area contributed by atoms with Crippen molar-refractivity contribution < 1.29 is 13.2 Å². The Bertz CT molecular complexity index is 469. The van der Waals surface area contributed by atoms with Crippen LogP contribution in [0.3, 0.4) is 0 Å². The first-order valence-corrected chi connectivity index (χ1v) is 12.3. The minimum Gasteiger partial charge on any atom is -0.356 e. The quantitative estimate of drug-likeness (QED) is 0.525. The summed E-state index contributed by atoms with van der Waals surface area (Å²) in [6, 6.07) is -0.291. The van der Waals surface area contributed by atoms with Crippen molar-refractivity contribution in [2.45, 2.75) is 77.2 Å². The monoisotopic (exact) mass is 389 g/mol. The van der Waals surface area contributed by atoms with Crippen LogP contribution in [0.15, 0.2) is 0 Å². The SMILES string of the molecule is CCCCCCCCS(=O)(=O)CC1CC(=O)NCCCCNCCCN1. The van der Waals surface area contributed by atoms with E-state index in [1.54, 1.807) is 0 Å². The van der Waals surface area contributed by atoms with E-state index >= 15 is 0 Å². The Balaban J connectivity index is 2.42. The third-order valence-electron chi connectivity index (χ3n) is 4.76. The second-order valence-corrected chi connectivity index (χ2v) is 9.63. The highest BCUT2D eigenvalue weighted by atomic mass is 32.2. The van der Waals surface area contributed by atoms with E-state index in [1.807, 2.05) is 0 Å². The van der Waals surface area contributed by atoms with E-state index in [4.69, 9.17) is 0 Å². The fourth-order valence-corrected chi connectivity index (χ4v) is 4.88. The van der Waals surface area contributed by atoms with E-state index in [0.29, 0.717) is 6.54 Å². The van der Waals surface area contributed by atoms with Crippen LogP contribution >= 0.6 is 0 Å². The number of carbonyl (C=O) groups excluding carboxylic acids is 1. The van der Waals surface area contributed by atoms with Gasteiger partial charge in [0, 0.05) is 19.0 Å². The van der Waals surface area contributed by atoms with Gasteiger partial charge in [0.2, 0.25) is 5.91 Å². The summed E-state index contributed by atoms with van der Waals surface area (Å²) < 4.78 is 24.9. The molecule has 3 N–H and O–H groups in total. The number of hydrogen-bond acceptors (Lipinski definition) is 5. The second-order valence-electron chi connectivity index (χ2n) is 7.40. The van der Waals surface area contributed by atoms with E-state index in [-0.39, 0.29) is 29.9 Å². The molecule has 1 atom stereocenters. The van der Waals surface area contributed by atoms with Crippen molar-refractivity contribution in [3.05, 3.63) is 0 Å². The van der Waals surface area contributed by atoms with Crippen molar-refractivity contribution in [2.24, 2.45) is 0 Å². The van der Waals surface area contributed by atoms with Crippen molar-refractivity contribution in [1.82, 2.24) is 16.0 Å². The predicted molar refractivity (Wildman–Crippen MR) is 108 cm³/mol. The molecule has 1 saturated heterocycles. The summed E-state index contributed by atoms with van der Waals surface area (Å²) in [5.41, 5.74) is 0. The summed E-state index contributed by atoms with van der Waals surface area (Å²) >= 11 is 0. The largest absolute Gasteiger partial charge is 0.356 e. The van der Waals surface area contributed by atoms with Crippen molar-refractivity contribution in [3.63, 3.8) is 0 Å². The van der Waals surface area contributed by atoms with Gasteiger partial charge >= 0.3 is 0 Å². The lowest BCUT2D eigenvalue weighted by atomic mass is 10.1. The van der Waals surface area contributed by atoms with Crippen LogP contribution in [-0.4, -0.2) is 58.1 Å². The molecule has 0 saturated carbocycles. The Morgan fingerprint density at radius 3 is 2.42 bits per heavy atom. The van der Waals surface area contributed by atoms with Crippen molar-refractivity contribution in [1.29, 1.82) is 0 Å². The molecule has 0 aliphatic carbocycles. The Labute approximate surface area is 160 Å². The van der Waals surface area contributed by atoms with Crippen molar-refractivity contribution >= 4 is 15.7 Å². The minimum absolute atomic E-state index is 0.0514. The van der Waals surface area contributed by atoms with Gasteiger partial charge in [-0.25, -0.2) is 8.42 Å². The molecule has 1 fully saturated rings. The zero-order valence-corrected chi connectivity index (χ0v) is 17.3. The van der Waals surface area contributed by atoms with E-state index in [0.717, 1.165) is 58.2 Å². The van der Waals surface area contributed by atoms with Crippen LogP contribution in [0, 0.1) is 0 Å². The van der Waals surface area contributed by atoms with Crippen LogP contribution in [0.2, 0.25) is 0 Å². The molecule has 1 aliphatic heterocycles. The summed E-state index contributed by atoms with van der Waals surface area (Å²) in [4.78, 5) is 12.1. The van der Waals surface area contributed by atoms with Gasteiger partial charge in [-0.05, 0) is 45.3 Å². The standard InChI is InChI=1S/C19H39N3O3S/c1-2-3-4-5-6-9-15-26(24,25)17-18-16-19(23)22-13-8-7-11-20-12-10-14-21-18/h18,20-21H,2-17H2,1H3,(H,22,23). The average molecular weight is 390 g/mol. The topological polar surface area (TPSA) is 87.3 Å².